The Kier molecular flexibility index (Phi) is 21.6. The molecule has 2 rings (SSSR count). The molecular formula is C33H44Cl2N3NaO10. The molecule has 0 spiro atoms. The number of halogens is 2. The predicted octanol–water partition coefficient (Wildman–Crippen LogP) is -0.918. The molecule has 2 bridgehead atoms. The number of nitrogens with two attached hydrogens (primary N) is 1. The molecule has 13 nitrogen and oxygen atoms in total. The van der Waals surface area contributed by atoms with Crippen molar-refractivity contribution in [3.63, 3.8) is 0 Å². The second-order valence-corrected chi connectivity index (χ2v) is 12.3. The van der Waals surface area contributed by atoms with Crippen molar-refractivity contribution in [3.8, 4) is 0 Å². The Labute approximate surface area is 318 Å². The zero-order valence-corrected chi connectivity index (χ0v) is 32.3. The molecule has 0 aromatic heterocycles. The second kappa shape index (κ2) is 22.9. The van der Waals surface area contributed by atoms with E-state index < -0.39 is 64.7 Å². The average molecular weight is 737 g/mol. The first-order valence-corrected chi connectivity index (χ1v) is 15.8. The molecule has 0 saturated heterocycles. The number of aliphatic hydroxyl groups is 1. The van der Waals surface area contributed by atoms with Gasteiger partial charge in [-0.2, -0.15) is 0 Å². The van der Waals surface area contributed by atoms with Crippen LogP contribution in [0.3, 0.4) is 0 Å². The average Bonchev–Trinajstić information content (AvgIpc) is 3.02. The van der Waals surface area contributed by atoms with Gasteiger partial charge in [0.25, 0.3) is 5.91 Å². The van der Waals surface area contributed by atoms with Crippen LogP contribution in [-0.4, -0.2) is 84.7 Å². The number of fused-ring (bicyclic) bond motifs is 2. The van der Waals surface area contributed by atoms with E-state index in [1.54, 1.807) is 45.1 Å². The number of ether oxygens (including phenoxy) is 3. The Balaban J connectivity index is 0.00000300. The second-order valence-electron chi connectivity index (χ2n) is 11.2. The molecule has 2 amide bonds. The summed E-state index contributed by atoms with van der Waals surface area (Å²) in [4.78, 5) is 59.2. The molecule has 6 atom stereocenters. The maximum Gasteiger partial charge on any atom is 1.00 e. The number of carboxylic acids is 1. The number of hydrogen-bond donors (Lipinski definition) is 4. The van der Waals surface area contributed by atoms with E-state index in [0.717, 1.165) is 6.08 Å². The first-order valence-electron chi connectivity index (χ1n) is 14.9. The normalized spacial score (nSPS) is 28.2. The van der Waals surface area contributed by atoms with Crippen molar-refractivity contribution in [2.75, 3.05) is 20.8 Å². The minimum absolute atomic E-state index is 0. The number of aliphatic carboxylic acids is 1. The van der Waals surface area contributed by atoms with Gasteiger partial charge in [0.05, 0.1) is 29.6 Å². The van der Waals surface area contributed by atoms with Crippen LogP contribution in [0.25, 0.3) is 0 Å². The fourth-order valence-corrected chi connectivity index (χ4v) is 4.95. The van der Waals surface area contributed by atoms with Crippen LogP contribution in [0.4, 0.5) is 4.79 Å². The molecule has 1 aliphatic heterocycles. The van der Waals surface area contributed by atoms with E-state index in [1.165, 1.54) is 20.3 Å². The fraction of sp³-hybridized carbons (Fsp3) is 0.485. The number of Topliss-reactive ketones (excluding diaryl/α,β-unsaturated/α-hetero) is 1. The van der Waals surface area contributed by atoms with Crippen LogP contribution in [-0.2, 0) is 33.4 Å². The summed E-state index contributed by atoms with van der Waals surface area (Å²) in [6.07, 6.45) is 5.34. The molecule has 0 aromatic rings. The van der Waals surface area contributed by atoms with E-state index in [9.17, 15) is 34.2 Å². The number of carboxylic acid groups (broad SMARTS) is 1. The monoisotopic (exact) mass is 735 g/mol. The van der Waals surface area contributed by atoms with Crippen LogP contribution in [0.1, 0.15) is 40.5 Å². The summed E-state index contributed by atoms with van der Waals surface area (Å²) in [5.74, 6) is -3.60. The number of rotatable bonds is 7. The van der Waals surface area contributed by atoms with Crippen molar-refractivity contribution in [2.45, 2.75) is 69.8 Å². The topological polar surface area (TPSA) is 206 Å². The fourth-order valence-electron chi connectivity index (χ4n) is 4.95. The third-order valence-corrected chi connectivity index (χ3v) is 7.75. The number of primary amides is 1. The van der Waals surface area contributed by atoms with Crippen molar-refractivity contribution < 1.29 is 78.0 Å². The van der Waals surface area contributed by atoms with Crippen LogP contribution < -0.4 is 51.0 Å². The van der Waals surface area contributed by atoms with Crippen LogP contribution in [0.15, 0.2) is 71.1 Å². The smallest absolute Gasteiger partial charge is 0.547 e. The molecule has 0 saturated carbocycles. The van der Waals surface area contributed by atoms with Gasteiger partial charge >= 0.3 is 35.7 Å². The molecule has 0 radical (unpaired) electrons. The third-order valence-electron chi connectivity index (χ3n) is 7.39. The van der Waals surface area contributed by atoms with Gasteiger partial charge in [0, 0.05) is 43.9 Å². The van der Waals surface area contributed by atoms with Gasteiger partial charge in [-0.3, -0.25) is 14.4 Å². The number of alkyl halides is 2. The molecule has 0 fully saturated rings. The summed E-state index contributed by atoms with van der Waals surface area (Å²) >= 11 is 9.43. The van der Waals surface area contributed by atoms with Crippen molar-refractivity contribution in [2.24, 2.45) is 17.6 Å². The van der Waals surface area contributed by atoms with Gasteiger partial charge in [-0.25, -0.2) is 4.79 Å². The standard InChI is InChI=1S/C31H43N3O8.C2H2Cl2O2.Na/c1-8-12-33-26-21-13-17(2)14-25(41-7)27(36)19(4)15-20(5)29(42-31(32)39)24(40-6)11-9-10-18(3)30(38)34-22(28(21)37)16-23(26)35;3-1(4)2(5)6;/h8-11,15-17,19,24-25,27,29,33,36H,1,12-14H2,2-7H3,(H2,32,39)(H,34,38);1H,(H,5,6);/q;;+1/p-1/b11-9-,18-10+,20-15+;;/t17-,19+,24+,25+,27-,29+;;/m1../s1. The summed E-state index contributed by atoms with van der Waals surface area (Å²) in [7, 11) is 2.92. The van der Waals surface area contributed by atoms with Gasteiger partial charge in [0.2, 0.25) is 11.6 Å². The molecule has 1 aliphatic carbocycles. The van der Waals surface area contributed by atoms with Gasteiger partial charge in [-0.15, -0.1) is 6.58 Å². The summed E-state index contributed by atoms with van der Waals surface area (Å²) in [5, 5.41) is 26.1. The molecule has 1 heterocycles. The summed E-state index contributed by atoms with van der Waals surface area (Å²) in [6.45, 7) is 10.9. The number of methoxy groups -OCH3 is 2. The molecular weight excluding hydrogens is 692 g/mol. The quantitative estimate of drug-likeness (QED) is 0.109. The third kappa shape index (κ3) is 14.9. The molecule has 266 valence electrons. The van der Waals surface area contributed by atoms with Crippen molar-refractivity contribution in [3.05, 3.63) is 71.1 Å². The summed E-state index contributed by atoms with van der Waals surface area (Å²) in [6, 6.07) is 0. The minimum Gasteiger partial charge on any atom is -0.547 e. The van der Waals surface area contributed by atoms with Gasteiger partial charge < -0.3 is 45.6 Å². The zero-order valence-electron chi connectivity index (χ0n) is 28.8. The molecule has 49 heavy (non-hydrogen) atoms. The molecule has 5 N–H and O–H groups in total. The maximum absolute atomic E-state index is 13.5. The zero-order chi connectivity index (χ0) is 36.7. The van der Waals surface area contributed by atoms with E-state index in [-0.39, 0.29) is 71.0 Å². The number of nitrogens with one attached hydrogen (secondary N) is 2. The number of amides is 2. The van der Waals surface area contributed by atoms with E-state index in [0.29, 0.717) is 12.0 Å². The Bertz CT molecular complexity index is 1380. The van der Waals surface area contributed by atoms with Gasteiger partial charge in [-0.1, -0.05) is 67.4 Å². The molecule has 2 aliphatic rings. The molecule has 0 aromatic carbocycles. The summed E-state index contributed by atoms with van der Waals surface area (Å²) in [5.41, 5.74) is 6.42. The Morgan fingerprint density at radius 2 is 1.82 bits per heavy atom. The van der Waals surface area contributed by atoms with Gasteiger partial charge in [0.1, 0.15) is 10.9 Å². The van der Waals surface area contributed by atoms with Crippen molar-refractivity contribution >= 4 is 52.7 Å². The van der Waals surface area contributed by atoms with Crippen molar-refractivity contribution in [1.82, 2.24) is 10.6 Å². The van der Waals surface area contributed by atoms with E-state index >= 15 is 0 Å². The first kappa shape index (κ1) is 46.2. The van der Waals surface area contributed by atoms with Crippen LogP contribution in [0, 0.1) is 11.8 Å². The van der Waals surface area contributed by atoms with E-state index in [2.05, 4.69) is 17.2 Å². The van der Waals surface area contributed by atoms with E-state index in [4.69, 9.17) is 43.1 Å². The van der Waals surface area contributed by atoms with Crippen molar-refractivity contribution in [1.29, 1.82) is 0 Å². The minimum atomic E-state index is -1.46. The molecule has 0 unspecified atom stereocenters. The number of aliphatic hydroxyl groups excluding tert-OH is 1. The SMILES string of the molecule is C=CCNC1=C2C[C@@H](C)C[C@H](OC)[C@H](O)[C@@H](C)/C=C(\C)[C@H](OC(N)=O)[C@@H](OC)/C=C\C=C(/C)C(=O)NC(=CC1=O)C2=O.O=C([O-])C(Cl)Cl.[Na+]. The largest absolute Gasteiger partial charge is 1.00 e. The van der Waals surface area contributed by atoms with Gasteiger partial charge in [-0.05, 0) is 38.2 Å². The number of hydrogen-bond acceptors (Lipinski definition) is 11. The van der Waals surface area contributed by atoms with E-state index in [1.807, 2.05) is 6.92 Å². The number of allylic oxidation sites excluding steroid dienone is 4. The Hall–Kier alpha value is -2.75. The van der Waals surface area contributed by atoms with Crippen LogP contribution in [0.5, 0.6) is 0 Å². The predicted molar refractivity (Wildman–Crippen MR) is 178 cm³/mol. The number of ketones is 2. The Morgan fingerprint density at radius 1 is 1.20 bits per heavy atom. The Morgan fingerprint density at radius 3 is 2.33 bits per heavy atom. The van der Waals surface area contributed by atoms with Crippen LogP contribution >= 0.6 is 23.2 Å². The maximum atomic E-state index is 13.5. The number of carbonyl (C=O) groups excluding carboxylic acids is 5. The summed E-state index contributed by atoms with van der Waals surface area (Å²) < 4.78 is 16.6. The first-order chi connectivity index (χ1) is 22.5. The molecule has 16 heteroatoms. The van der Waals surface area contributed by atoms with Gasteiger partial charge in [0.15, 0.2) is 6.10 Å². The number of carbonyl (C=O) groups is 5. The van der Waals surface area contributed by atoms with Crippen LogP contribution in [0.2, 0.25) is 0 Å².